The second-order valence-corrected chi connectivity index (χ2v) is 3.55. The van der Waals surface area contributed by atoms with Gasteiger partial charge >= 0.3 is 5.97 Å². The smallest absolute Gasteiger partial charge is 0.321 e. The minimum Gasteiger partial charge on any atom is -0.405 e. The lowest BCUT2D eigenvalue weighted by Crippen LogP contribution is -2.06. The Balaban J connectivity index is 2.32. The van der Waals surface area contributed by atoms with Gasteiger partial charge in [-0.3, -0.25) is 4.79 Å². The maximum Gasteiger partial charge on any atom is 0.321 e. The Kier molecular flexibility index (Phi) is 1.54. The third-order valence-electron chi connectivity index (χ3n) is 2.52. The van der Waals surface area contributed by atoms with Gasteiger partial charge < -0.3 is 4.74 Å². The van der Waals surface area contributed by atoms with Gasteiger partial charge in [0.05, 0.1) is 11.0 Å². The molecule has 1 aromatic carbocycles. The highest BCUT2D eigenvalue weighted by molar-refractivity contribution is 5.86. The molecule has 0 aliphatic carbocycles. The van der Waals surface area contributed by atoms with Gasteiger partial charge in [0, 0.05) is 0 Å². The molecule has 74 valence electrons. The van der Waals surface area contributed by atoms with Gasteiger partial charge in [0.1, 0.15) is 11.6 Å². The number of esters is 1. The van der Waals surface area contributed by atoms with Crippen LogP contribution in [0.2, 0.25) is 0 Å². The number of carbonyl (C=O) groups is 1. The summed E-state index contributed by atoms with van der Waals surface area (Å²) in [5.41, 5.74) is 2.18. The molecule has 1 atom stereocenters. The maximum absolute atomic E-state index is 11.3. The molecule has 15 heavy (non-hydrogen) atoms. The molecule has 0 saturated carbocycles. The Labute approximate surface area is 85.9 Å². The Hall–Kier alpha value is -1.97. The van der Waals surface area contributed by atoms with Crippen LogP contribution in [0.4, 0.5) is 0 Å². The van der Waals surface area contributed by atoms with E-state index in [4.69, 9.17) is 4.74 Å². The van der Waals surface area contributed by atoms with E-state index in [0.29, 0.717) is 11.6 Å². The van der Waals surface area contributed by atoms with Crippen LogP contribution in [-0.4, -0.2) is 15.9 Å². The number of carbonyl (C=O) groups excluding carboxylic acids is 1. The van der Waals surface area contributed by atoms with Crippen LogP contribution < -0.4 is 4.74 Å². The molecule has 0 fully saturated rings. The van der Waals surface area contributed by atoms with Crippen LogP contribution in [0.1, 0.15) is 18.5 Å². The lowest BCUT2D eigenvalue weighted by molar-refractivity contribution is -0.133. The molecule has 1 aliphatic rings. The summed E-state index contributed by atoms with van der Waals surface area (Å²) in [6, 6.07) is 7.49. The van der Waals surface area contributed by atoms with Gasteiger partial charge in [-0.15, -0.1) is 0 Å². The molecule has 0 bridgehead atoms. The first kappa shape index (κ1) is 8.35. The van der Waals surface area contributed by atoms with Crippen molar-refractivity contribution in [2.24, 2.45) is 0 Å². The summed E-state index contributed by atoms with van der Waals surface area (Å²) in [7, 11) is 0. The second-order valence-electron chi connectivity index (χ2n) is 3.55. The molecule has 1 unspecified atom stereocenters. The first-order valence-electron chi connectivity index (χ1n) is 4.74. The standard InChI is InChI=1S/C11H8N2O2/c1-6-9-10(15-11(6)14)13-8-5-3-2-4-7(8)12-9/h2-6H,1H3. The fourth-order valence-electron chi connectivity index (χ4n) is 1.65. The molecule has 2 aromatic rings. The van der Waals surface area contributed by atoms with Gasteiger partial charge in [-0.25, -0.2) is 9.97 Å². The predicted molar refractivity (Wildman–Crippen MR) is 53.6 cm³/mol. The van der Waals surface area contributed by atoms with Crippen LogP contribution in [0.5, 0.6) is 5.88 Å². The molecule has 4 heteroatoms. The van der Waals surface area contributed by atoms with Crippen LogP contribution in [-0.2, 0) is 4.79 Å². The summed E-state index contributed by atoms with van der Waals surface area (Å²) < 4.78 is 5.01. The van der Waals surface area contributed by atoms with Crippen molar-refractivity contribution in [1.82, 2.24) is 9.97 Å². The summed E-state index contributed by atoms with van der Waals surface area (Å²) in [6.07, 6.45) is 0. The van der Waals surface area contributed by atoms with Crippen molar-refractivity contribution in [3.8, 4) is 5.88 Å². The van der Waals surface area contributed by atoms with E-state index in [1.54, 1.807) is 6.92 Å². The Morgan fingerprint density at radius 2 is 1.87 bits per heavy atom. The molecule has 0 amide bonds. The minimum absolute atomic E-state index is 0.277. The van der Waals surface area contributed by atoms with Crippen LogP contribution in [0, 0.1) is 0 Å². The van der Waals surface area contributed by atoms with Crippen molar-refractivity contribution >= 4 is 17.0 Å². The van der Waals surface area contributed by atoms with Gasteiger partial charge in [-0.05, 0) is 19.1 Å². The van der Waals surface area contributed by atoms with E-state index in [1.165, 1.54) is 0 Å². The third kappa shape index (κ3) is 1.11. The molecular formula is C11H8N2O2. The number of ether oxygens (including phenoxy) is 1. The zero-order valence-corrected chi connectivity index (χ0v) is 8.10. The van der Waals surface area contributed by atoms with E-state index in [9.17, 15) is 4.79 Å². The fraction of sp³-hybridized carbons (Fsp3) is 0.182. The van der Waals surface area contributed by atoms with Crippen LogP contribution in [0.15, 0.2) is 24.3 Å². The van der Waals surface area contributed by atoms with E-state index in [-0.39, 0.29) is 11.9 Å². The third-order valence-corrected chi connectivity index (χ3v) is 2.52. The zero-order valence-electron chi connectivity index (χ0n) is 8.10. The number of benzene rings is 1. The Morgan fingerprint density at radius 1 is 1.20 bits per heavy atom. The maximum atomic E-state index is 11.3. The van der Waals surface area contributed by atoms with E-state index in [2.05, 4.69) is 9.97 Å². The van der Waals surface area contributed by atoms with Crippen LogP contribution in [0.25, 0.3) is 11.0 Å². The largest absolute Gasteiger partial charge is 0.405 e. The Morgan fingerprint density at radius 3 is 2.60 bits per heavy atom. The zero-order chi connectivity index (χ0) is 10.4. The van der Waals surface area contributed by atoms with Gasteiger partial charge in [0.2, 0.25) is 5.88 Å². The summed E-state index contributed by atoms with van der Waals surface area (Å²) in [6.45, 7) is 1.78. The SMILES string of the molecule is CC1C(=O)Oc2nc3ccccc3nc21. The summed E-state index contributed by atoms with van der Waals surface area (Å²) in [5, 5.41) is 0. The molecule has 3 rings (SSSR count). The van der Waals surface area contributed by atoms with Crippen LogP contribution >= 0.6 is 0 Å². The number of fused-ring (bicyclic) bond motifs is 2. The van der Waals surface area contributed by atoms with Gasteiger partial charge in [-0.2, -0.15) is 0 Å². The highest BCUT2D eigenvalue weighted by Gasteiger charge is 2.32. The second kappa shape index (κ2) is 2.76. The molecule has 0 saturated heterocycles. The van der Waals surface area contributed by atoms with Crippen molar-refractivity contribution in [2.45, 2.75) is 12.8 Å². The average molecular weight is 200 g/mol. The highest BCUT2D eigenvalue weighted by Crippen LogP contribution is 2.32. The lowest BCUT2D eigenvalue weighted by atomic mass is 10.1. The number of para-hydroxylation sites is 2. The van der Waals surface area contributed by atoms with Gasteiger partial charge in [0.15, 0.2) is 0 Å². The number of hydrogen-bond donors (Lipinski definition) is 0. The topological polar surface area (TPSA) is 52.1 Å². The summed E-state index contributed by atoms with van der Waals surface area (Å²) in [4.78, 5) is 19.9. The number of rotatable bonds is 0. The molecule has 1 aliphatic heterocycles. The quantitative estimate of drug-likeness (QED) is 0.607. The highest BCUT2D eigenvalue weighted by atomic mass is 16.5. The molecule has 0 radical (unpaired) electrons. The van der Waals surface area contributed by atoms with E-state index >= 15 is 0 Å². The van der Waals surface area contributed by atoms with Crippen molar-refractivity contribution < 1.29 is 9.53 Å². The first-order valence-corrected chi connectivity index (χ1v) is 4.74. The number of nitrogens with zero attached hydrogens (tertiary/aromatic N) is 2. The first-order chi connectivity index (χ1) is 7.25. The fourth-order valence-corrected chi connectivity index (χ4v) is 1.65. The molecule has 0 spiro atoms. The average Bonchev–Trinajstić information content (AvgIpc) is 2.52. The summed E-state index contributed by atoms with van der Waals surface area (Å²) in [5.74, 6) is -0.233. The molecular weight excluding hydrogens is 192 g/mol. The normalized spacial score (nSPS) is 19.0. The van der Waals surface area contributed by atoms with E-state index < -0.39 is 0 Å². The monoisotopic (exact) mass is 200 g/mol. The lowest BCUT2D eigenvalue weighted by Gasteiger charge is -2.00. The molecule has 2 heterocycles. The predicted octanol–water partition coefficient (Wildman–Crippen LogP) is 1.65. The van der Waals surface area contributed by atoms with Crippen molar-refractivity contribution in [3.05, 3.63) is 30.0 Å². The number of aromatic nitrogens is 2. The van der Waals surface area contributed by atoms with Gasteiger partial charge in [0.25, 0.3) is 0 Å². The summed E-state index contributed by atoms with van der Waals surface area (Å²) >= 11 is 0. The van der Waals surface area contributed by atoms with Crippen molar-refractivity contribution in [3.63, 3.8) is 0 Å². The van der Waals surface area contributed by atoms with E-state index in [0.717, 1.165) is 11.0 Å². The molecule has 4 nitrogen and oxygen atoms in total. The molecule has 1 aromatic heterocycles. The van der Waals surface area contributed by atoms with Crippen molar-refractivity contribution in [1.29, 1.82) is 0 Å². The van der Waals surface area contributed by atoms with Crippen molar-refractivity contribution in [2.75, 3.05) is 0 Å². The van der Waals surface area contributed by atoms with Gasteiger partial charge in [-0.1, -0.05) is 12.1 Å². The van der Waals surface area contributed by atoms with Crippen LogP contribution in [0.3, 0.4) is 0 Å². The van der Waals surface area contributed by atoms with E-state index in [1.807, 2.05) is 24.3 Å². The number of hydrogen-bond acceptors (Lipinski definition) is 4. The Bertz CT molecular complexity index is 566. The minimum atomic E-state index is -0.308. The molecule has 0 N–H and O–H groups in total.